The first-order valence-corrected chi connectivity index (χ1v) is 9.76. The van der Waals surface area contributed by atoms with Crippen molar-refractivity contribution in [3.63, 3.8) is 0 Å². The third-order valence-electron chi connectivity index (χ3n) is 4.13. The molecular formula is C19H21ClF3N5OS. The monoisotopic (exact) mass is 459 g/mol. The summed E-state index contributed by atoms with van der Waals surface area (Å²) in [7, 11) is 1.93. The van der Waals surface area contributed by atoms with Crippen LogP contribution in [-0.4, -0.2) is 39.8 Å². The van der Waals surface area contributed by atoms with Crippen LogP contribution >= 0.6 is 23.9 Å². The summed E-state index contributed by atoms with van der Waals surface area (Å²) in [6.45, 7) is 3.01. The molecule has 0 aliphatic carbocycles. The van der Waals surface area contributed by atoms with E-state index in [1.165, 1.54) is 23.7 Å². The van der Waals surface area contributed by atoms with Gasteiger partial charge in [-0.3, -0.25) is 0 Å². The van der Waals surface area contributed by atoms with E-state index < -0.39 is 11.7 Å². The van der Waals surface area contributed by atoms with Gasteiger partial charge in [0.2, 0.25) is 0 Å². The lowest BCUT2D eigenvalue weighted by Gasteiger charge is -2.17. The normalized spacial score (nSPS) is 11.1. The number of nitrogens with zero attached hydrogens (tertiary/aromatic N) is 5. The van der Waals surface area contributed by atoms with Crippen LogP contribution in [0, 0.1) is 6.92 Å². The zero-order valence-corrected chi connectivity index (χ0v) is 18.0. The second kappa shape index (κ2) is 10.5. The van der Waals surface area contributed by atoms with Crippen LogP contribution < -0.4 is 9.64 Å². The van der Waals surface area contributed by atoms with E-state index in [0.29, 0.717) is 23.9 Å². The lowest BCUT2D eigenvalue weighted by molar-refractivity contribution is -0.137. The van der Waals surface area contributed by atoms with Crippen molar-refractivity contribution in [3.05, 3.63) is 47.8 Å². The first-order valence-electron chi connectivity index (χ1n) is 8.98. The minimum atomic E-state index is -4.33. The number of anilines is 1. The van der Waals surface area contributed by atoms with E-state index in [9.17, 15) is 13.2 Å². The number of benzene rings is 1. The summed E-state index contributed by atoms with van der Waals surface area (Å²) in [5.74, 6) is 1.89. The molecule has 0 N–H and O–H groups in total. The third kappa shape index (κ3) is 6.53. The highest BCUT2D eigenvalue weighted by atomic mass is 35.5. The molecule has 11 heteroatoms. The molecule has 0 unspecified atom stereocenters. The van der Waals surface area contributed by atoms with Gasteiger partial charge in [-0.15, -0.1) is 22.6 Å². The molecule has 0 aliphatic heterocycles. The van der Waals surface area contributed by atoms with Crippen molar-refractivity contribution in [2.24, 2.45) is 0 Å². The highest BCUT2D eigenvalue weighted by molar-refractivity contribution is 7.09. The largest absolute Gasteiger partial charge is 0.494 e. The highest BCUT2D eigenvalue weighted by Gasteiger charge is 2.29. The molecule has 0 fully saturated rings. The minimum absolute atomic E-state index is 0. The summed E-state index contributed by atoms with van der Waals surface area (Å²) in [4.78, 5) is 6.28. The maximum atomic E-state index is 12.5. The Balaban J connectivity index is 0.00000320. The van der Waals surface area contributed by atoms with Gasteiger partial charge in [0.15, 0.2) is 10.8 Å². The highest BCUT2D eigenvalue weighted by Crippen LogP contribution is 2.30. The quantitative estimate of drug-likeness (QED) is 0.440. The fraction of sp³-hybridized carbons (Fsp3) is 0.368. The first kappa shape index (κ1) is 23.8. The number of aryl methyl sites for hydroxylation is 1. The van der Waals surface area contributed by atoms with Crippen molar-refractivity contribution in [1.29, 1.82) is 0 Å². The van der Waals surface area contributed by atoms with Crippen molar-refractivity contribution in [1.82, 2.24) is 19.6 Å². The van der Waals surface area contributed by atoms with Crippen LogP contribution in [-0.2, 0) is 6.18 Å². The third-order valence-corrected chi connectivity index (χ3v) is 4.96. The standard InChI is InChI=1S/C19H20F3N5OS.ClH/c1-13-23-18(29-26-13)16-9-10-17(25-24-16)27(2)11-3-4-12-28-15-7-5-14(6-8-15)19(20,21)22;/h5-10H,3-4,11-12H2,1-2H3;1H. The number of alkyl halides is 3. The summed E-state index contributed by atoms with van der Waals surface area (Å²) >= 11 is 1.29. The van der Waals surface area contributed by atoms with Gasteiger partial charge in [-0.25, -0.2) is 4.98 Å². The molecule has 3 aromatic rings. The summed E-state index contributed by atoms with van der Waals surface area (Å²) in [5, 5.41) is 9.17. The van der Waals surface area contributed by atoms with Gasteiger partial charge in [-0.1, -0.05) is 0 Å². The predicted octanol–water partition coefficient (Wildman–Crippen LogP) is 5.04. The van der Waals surface area contributed by atoms with E-state index in [1.54, 1.807) is 0 Å². The number of unbranched alkanes of at least 4 members (excludes halogenated alkanes) is 1. The van der Waals surface area contributed by atoms with Gasteiger partial charge in [0.05, 0.1) is 12.2 Å². The van der Waals surface area contributed by atoms with Gasteiger partial charge >= 0.3 is 6.18 Å². The molecule has 0 radical (unpaired) electrons. The maximum Gasteiger partial charge on any atom is 0.416 e. The smallest absolute Gasteiger partial charge is 0.416 e. The first-order chi connectivity index (χ1) is 13.8. The number of hydrogen-bond acceptors (Lipinski definition) is 7. The number of halogens is 4. The van der Waals surface area contributed by atoms with Gasteiger partial charge in [0.1, 0.15) is 17.3 Å². The van der Waals surface area contributed by atoms with E-state index in [1.807, 2.05) is 31.0 Å². The Hall–Kier alpha value is -2.46. The number of hydrogen-bond donors (Lipinski definition) is 0. The zero-order valence-electron chi connectivity index (χ0n) is 16.4. The molecule has 0 atom stereocenters. The topological polar surface area (TPSA) is 64.0 Å². The molecule has 0 saturated heterocycles. The lowest BCUT2D eigenvalue weighted by Crippen LogP contribution is -2.20. The van der Waals surface area contributed by atoms with Gasteiger partial charge < -0.3 is 9.64 Å². The number of rotatable bonds is 8. The van der Waals surface area contributed by atoms with Gasteiger partial charge in [0, 0.05) is 13.6 Å². The zero-order chi connectivity index (χ0) is 20.9. The Kier molecular flexibility index (Phi) is 8.36. The summed E-state index contributed by atoms with van der Waals surface area (Å²) < 4.78 is 47.2. The average molecular weight is 460 g/mol. The average Bonchev–Trinajstić information content (AvgIpc) is 3.14. The molecule has 2 heterocycles. The van der Waals surface area contributed by atoms with Crippen molar-refractivity contribution in [2.75, 3.05) is 25.1 Å². The van der Waals surface area contributed by atoms with Crippen LogP contribution in [0.4, 0.5) is 19.0 Å². The van der Waals surface area contributed by atoms with Crippen molar-refractivity contribution >= 4 is 29.8 Å². The lowest BCUT2D eigenvalue weighted by atomic mass is 10.2. The molecule has 3 rings (SSSR count). The molecule has 0 spiro atoms. The summed E-state index contributed by atoms with van der Waals surface area (Å²) in [6, 6.07) is 8.48. The van der Waals surface area contributed by atoms with Crippen molar-refractivity contribution in [2.45, 2.75) is 25.9 Å². The fourth-order valence-electron chi connectivity index (χ4n) is 2.54. The van der Waals surface area contributed by atoms with Crippen LogP contribution in [0.2, 0.25) is 0 Å². The number of ether oxygens (including phenoxy) is 1. The molecule has 0 saturated carbocycles. The maximum absolute atomic E-state index is 12.5. The molecule has 0 aliphatic rings. The van der Waals surface area contributed by atoms with Crippen LogP contribution in [0.25, 0.3) is 10.7 Å². The van der Waals surface area contributed by atoms with Crippen LogP contribution in [0.1, 0.15) is 24.2 Å². The van der Waals surface area contributed by atoms with E-state index in [4.69, 9.17) is 4.74 Å². The minimum Gasteiger partial charge on any atom is -0.494 e. The summed E-state index contributed by atoms with van der Waals surface area (Å²) in [5.41, 5.74) is 0.0116. The molecule has 2 aromatic heterocycles. The van der Waals surface area contributed by atoms with Crippen LogP contribution in [0.15, 0.2) is 36.4 Å². The Morgan fingerprint density at radius 2 is 1.77 bits per heavy atom. The molecule has 6 nitrogen and oxygen atoms in total. The van der Waals surface area contributed by atoms with Crippen LogP contribution in [0.5, 0.6) is 5.75 Å². The van der Waals surface area contributed by atoms with E-state index in [0.717, 1.165) is 42.3 Å². The van der Waals surface area contributed by atoms with E-state index >= 15 is 0 Å². The Morgan fingerprint density at radius 3 is 2.33 bits per heavy atom. The Bertz CT molecular complexity index is 919. The fourth-order valence-corrected chi connectivity index (χ4v) is 3.17. The second-order valence-electron chi connectivity index (χ2n) is 6.42. The SMILES string of the molecule is Cc1nsc(-c2ccc(N(C)CCCCOc3ccc(C(F)(F)F)cc3)nn2)n1.Cl. The van der Waals surface area contributed by atoms with Gasteiger partial charge in [0.25, 0.3) is 0 Å². The molecule has 162 valence electrons. The van der Waals surface area contributed by atoms with Crippen molar-refractivity contribution < 1.29 is 17.9 Å². The van der Waals surface area contributed by atoms with Crippen LogP contribution in [0.3, 0.4) is 0 Å². The Labute approximate surface area is 182 Å². The van der Waals surface area contributed by atoms with E-state index in [2.05, 4.69) is 19.6 Å². The molecule has 0 amide bonds. The summed E-state index contributed by atoms with van der Waals surface area (Å²) in [6.07, 6.45) is -2.72. The molecule has 1 aromatic carbocycles. The van der Waals surface area contributed by atoms with Gasteiger partial charge in [-0.2, -0.15) is 17.5 Å². The van der Waals surface area contributed by atoms with E-state index in [-0.39, 0.29) is 12.4 Å². The number of aromatic nitrogens is 4. The van der Waals surface area contributed by atoms with Gasteiger partial charge in [-0.05, 0) is 67.7 Å². The second-order valence-corrected chi connectivity index (χ2v) is 7.17. The van der Waals surface area contributed by atoms with Crippen molar-refractivity contribution in [3.8, 4) is 16.5 Å². The Morgan fingerprint density at radius 1 is 1.03 bits per heavy atom. The molecule has 0 bridgehead atoms. The molecular weight excluding hydrogens is 439 g/mol. The molecule has 30 heavy (non-hydrogen) atoms. The predicted molar refractivity (Wildman–Crippen MR) is 112 cm³/mol.